The second-order valence-electron chi connectivity index (χ2n) is 7.61. The molecule has 1 saturated heterocycles. The highest BCUT2D eigenvalue weighted by Crippen LogP contribution is 2.29. The van der Waals surface area contributed by atoms with Crippen LogP contribution in [0.5, 0.6) is 0 Å². The molecule has 0 aromatic heterocycles. The van der Waals surface area contributed by atoms with Crippen LogP contribution in [-0.2, 0) is 10.0 Å². The molecule has 10 heteroatoms. The van der Waals surface area contributed by atoms with E-state index >= 15 is 0 Å². The van der Waals surface area contributed by atoms with Gasteiger partial charge in [0.25, 0.3) is 5.91 Å². The van der Waals surface area contributed by atoms with Crippen molar-refractivity contribution in [3.8, 4) is 0 Å². The molecule has 2 aromatic carbocycles. The summed E-state index contributed by atoms with van der Waals surface area (Å²) in [5.41, 5.74) is -0.947. The SMILES string of the molecule is CC1CC(C)CN(S(=O)(=O)c2ccc(F)c(C(=O)Nc3c(F)cc(F)cc3Br)c2)C1. The van der Waals surface area contributed by atoms with E-state index in [0.29, 0.717) is 19.2 Å². The first kappa shape index (κ1) is 22.8. The molecule has 1 aliphatic rings. The molecule has 0 spiro atoms. The summed E-state index contributed by atoms with van der Waals surface area (Å²) in [5, 5.41) is 2.16. The van der Waals surface area contributed by atoms with E-state index in [0.717, 1.165) is 30.7 Å². The van der Waals surface area contributed by atoms with Gasteiger partial charge in [0, 0.05) is 23.6 Å². The Labute approximate surface area is 181 Å². The van der Waals surface area contributed by atoms with Gasteiger partial charge in [0.2, 0.25) is 10.0 Å². The summed E-state index contributed by atoms with van der Waals surface area (Å²) in [5.74, 6) is -3.60. The van der Waals surface area contributed by atoms with E-state index in [9.17, 15) is 26.4 Å². The lowest BCUT2D eigenvalue weighted by molar-refractivity contribution is 0.102. The maximum Gasteiger partial charge on any atom is 0.258 e. The highest BCUT2D eigenvalue weighted by atomic mass is 79.9. The number of halogens is 4. The number of rotatable bonds is 4. The van der Waals surface area contributed by atoms with E-state index < -0.39 is 38.9 Å². The summed E-state index contributed by atoms with van der Waals surface area (Å²) >= 11 is 2.94. The van der Waals surface area contributed by atoms with Crippen molar-refractivity contribution in [2.75, 3.05) is 18.4 Å². The van der Waals surface area contributed by atoms with Gasteiger partial charge in [0.15, 0.2) is 5.82 Å². The maximum absolute atomic E-state index is 14.3. The van der Waals surface area contributed by atoms with Crippen LogP contribution in [0.3, 0.4) is 0 Å². The number of nitrogens with zero attached hydrogens (tertiary/aromatic N) is 1. The first-order valence-corrected chi connectivity index (χ1v) is 11.5. The van der Waals surface area contributed by atoms with E-state index in [1.807, 2.05) is 13.8 Å². The summed E-state index contributed by atoms with van der Waals surface area (Å²) < 4.78 is 68.9. The summed E-state index contributed by atoms with van der Waals surface area (Å²) in [4.78, 5) is 12.3. The summed E-state index contributed by atoms with van der Waals surface area (Å²) in [6.07, 6.45) is 0.904. The lowest BCUT2D eigenvalue weighted by Crippen LogP contribution is -2.42. The smallest absolute Gasteiger partial charge is 0.258 e. The normalized spacial score (nSPS) is 20.2. The van der Waals surface area contributed by atoms with Gasteiger partial charge < -0.3 is 5.32 Å². The average molecular weight is 505 g/mol. The fourth-order valence-corrected chi connectivity index (χ4v) is 5.85. The van der Waals surface area contributed by atoms with Crippen LogP contribution < -0.4 is 5.32 Å². The van der Waals surface area contributed by atoms with Crippen molar-refractivity contribution >= 4 is 37.5 Å². The molecule has 1 fully saturated rings. The van der Waals surface area contributed by atoms with Crippen molar-refractivity contribution in [2.45, 2.75) is 25.2 Å². The third-order valence-electron chi connectivity index (χ3n) is 4.90. The molecule has 2 unspecified atom stereocenters. The Morgan fingerprint density at radius 1 is 1.07 bits per heavy atom. The van der Waals surface area contributed by atoms with Crippen LogP contribution in [-0.4, -0.2) is 31.7 Å². The van der Waals surface area contributed by atoms with Gasteiger partial charge in [-0.25, -0.2) is 21.6 Å². The fourth-order valence-electron chi connectivity index (χ4n) is 3.63. The molecular weight excluding hydrogens is 485 g/mol. The van der Waals surface area contributed by atoms with E-state index in [1.54, 1.807) is 0 Å². The molecule has 1 N–H and O–H groups in total. The largest absolute Gasteiger partial charge is 0.318 e. The molecule has 30 heavy (non-hydrogen) atoms. The molecular formula is C20H20BrF3N2O3S. The van der Waals surface area contributed by atoms with Crippen molar-refractivity contribution in [1.29, 1.82) is 0 Å². The molecule has 0 bridgehead atoms. The highest BCUT2D eigenvalue weighted by molar-refractivity contribution is 9.10. The summed E-state index contributed by atoms with van der Waals surface area (Å²) in [7, 11) is -3.94. The highest BCUT2D eigenvalue weighted by Gasteiger charge is 2.32. The number of sulfonamides is 1. The quantitative estimate of drug-likeness (QED) is 0.651. The van der Waals surface area contributed by atoms with Gasteiger partial charge in [0.05, 0.1) is 16.1 Å². The number of nitrogens with one attached hydrogen (secondary N) is 1. The van der Waals surface area contributed by atoms with Gasteiger partial charge in [-0.2, -0.15) is 4.31 Å². The van der Waals surface area contributed by atoms with Crippen LogP contribution in [0.1, 0.15) is 30.6 Å². The van der Waals surface area contributed by atoms with Crippen LogP contribution in [0.4, 0.5) is 18.9 Å². The second kappa shape index (κ2) is 8.68. The van der Waals surface area contributed by atoms with Crippen LogP contribution in [0.25, 0.3) is 0 Å². The number of hydrogen-bond donors (Lipinski definition) is 1. The predicted octanol–water partition coefficient (Wildman–Crippen LogP) is 4.79. The third kappa shape index (κ3) is 4.70. The Bertz CT molecular complexity index is 1060. The first-order chi connectivity index (χ1) is 14.0. The van der Waals surface area contributed by atoms with Crippen molar-refractivity contribution < 1.29 is 26.4 Å². The van der Waals surface area contributed by atoms with Crippen LogP contribution in [0, 0.1) is 29.3 Å². The van der Waals surface area contributed by atoms with Crippen LogP contribution in [0.2, 0.25) is 0 Å². The Kier molecular flexibility index (Phi) is 6.59. The van der Waals surface area contributed by atoms with Gasteiger partial charge in [0.1, 0.15) is 11.6 Å². The van der Waals surface area contributed by atoms with E-state index in [2.05, 4.69) is 21.2 Å². The zero-order chi connectivity index (χ0) is 22.2. The van der Waals surface area contributed by atoms with E-state index in [4.69, 9.17) is 0 Å². The molecule has 5 nitrogen and oxygen atoms in total. The lowest BCUT2D eigenvalue weighted by Gasteiger charge is -2.34. The van der Waals surface area contributed by atoms with Gasteiger partial charge >= 0.3 is 0 Å². The van der Waals surface area contributed by atoms with Gasteiger partial charge in [-0.3, -0.25) is 4.79 Å². The van der Waals surface area contributed by atoms with Crippen molar-refractivity contribution in [1.82, 2.24) is 4.31 Å². The Hall–Kier alpha value is -1.91. The average Bonchev–Trinajstić information content (AvgIpc) is 2.63. The van der Waals surface area contributed by atoms with Crippen LogP contribution >= 0.6 is 15.9 Å². The lowest BCUT2D eigenvalue weighted by atomic mass is 9.94. The van der Waals surface area contributed by atoms with Crippen molar-refractivity contribution in [2.24, 2.45) is 11.8 Å². The minimum atomic E-state index is -3.94. The number of amides is 1. The zero-order valence-corrected chi connectivity index (χ0v) is 18.7. The monoisotopic (exact) mass is 504 g/mol. The molecule has 1 heterocycles. The number of hydrogen-bond acceptors (Lipinski definition) is 3. The Morgan fingerprint density at radius 2 is 1.70 bits per heavy atom. The minimum Gasteiger partial charge on any atom is -0.318 e. The predicted molar refractivity (Wildman–Crippen MR) is 110 cm³/mol. The second-order valence-corrected chi connectivity index (χ2v) is 10.4. The minimum absolute atomic E-state index is 0.0752. The molecule has 1 aliphatic heterocycles. The fraction of sp³-hybridized carbons (Fsp3) is 0.350. The topological polar surface area (TPSA) is 66.5 Å². The first-order valence-electron chi connectivity index (χ1n) is 9.24. The van der Waals surface area contributed by atoms with Crippen molar-refractivity contribution in [3.63, 3.8) is 0 Å². The third-order valence-corrected chi connectivity index (χ3v) is 7.35. The molecule has 0 aliphatic carbocycles. The Morgan fingerprint density at radius 3 is 2.30 bits per heavy atom. The molecule has 1 amide bonds. The standard InChI is InChI=1S/C20H20BrF3N2O3S/c1-11-5-12(2)10-26(9-11)30(28,29)14-3-4-17(23)15(8-14)20(27)25-19-16(21)6-13(22)7-18(19)24/h3-4,6-8,11-12H,5,9-10H2,1-2H3,(H,25,27). The van der Waals surface area contributed by atoms with E-state index in [1.165, 1.54) is 4.31 Å². The van der Waals surface area contributed by atoms with Gasteiger partial charge in [-0.05, 0) is 58.5 Å². The van der Waals surface area contributed by atoms with E-state index in [-0.39, 0.29) is 26.9 Å². The molecule has 2 atom stereocenters. The number of anilines is 1. The molecule has 0 saturated carbocycles. The summed E-state index contributed by atoms with van der Waals surface area (Å²) in [6.45, 7) is 4.58. The molecule has 162 valence electrons. The Balaban J connectivity index is 1.93. The maximum atomic E-state index is 14.3. The number of piperidine rings is 1. The number of carbonyl (C=O) groups excluding carboxylic acids is 1. The molecule has 3 rings (SSSR count). The molecule has 0 radical (unpaired) electrons. The van der Waals surface area contributed by atoms with Crippen LogP contribution in [0.15, 0.2) is 39.7 Å². The number of carbonyl (C=O) groups is 1. The number of benzene rings is 2. The van der Waals surface area contributed by atoms with Crippen molar-refractivity contribution in [3.05, 3.63) is 57.8 Å². The van der Waals surface area contributed by atoms with Gasteiger partial charge in [-0.15, -0.1) is 0 Å². The summed E-state index contributed by atoms with van der Waals surface area (Å²) in [6, 6.07) is 4.42. The zero-order valence-electron chi connectivity index (χ0n) is 16.3. The van der Waals surface area contributed by atoms with Gasteiger partial charge in [-0.1, -0.05) is 13.8 Å². The molecule has 2 aromatic rings.